The van der Waals surface area contributed by atoms with Crippen LogP contribution in [0.2, 0.25) is 0 Å². The average molecular weight is 394 g/mol. The van der Waals surface area contributed by atoms with Crippen LogP contribution >= 0.6 is 0 Å². The zero-order valence-electron chi connectivity index (χ0n) is 17.4. The van der Waals surface area contributed by atoms with E-state index in [4.69, 9.17) is 5.73 Å². The van der Waals surface area contributed by atoms with Gasteiger partial charge < -0.3 is 5.73 Å². The molecule has 2 aromatic rings. The zero-order chi connectivity index (χ0) is 21.2. The Kier molecular flexibility index (Phi) is 8.33. The van der Waals surface area contributed by atoms with Crippen molar-refractivity contribution in [3.05, 3.63) is 65.5 Å². The van der Waals surface area contributed by atoms with Gasteiger partial charge in [-0.05, 0) is 56.5 Å². The Bertz CT molecular complexity index is 925. The van der Waals surface area contributed by atoms with Crippen LogP contribution in [-0.2, 0) is 0 Å². The van der Waals surface area contributed by atoms with E-state index in [2.05, 4.69) is 39.0 Å². The lowest BCUT2D eigenvalue weighted by Crippen LogP contribution is -2.15. The molecule has 6 nitrogen and oxygen atoms in total. The quantitative estimate of drug-likeness (QED) is 0.389. The van der Waals surface area contributed by atoms with E-state index in [1.807, 2.05) is 32.1 Å². The van der Waals surface area contributed by atoms with Gasteiger partial charge in [0.25, 0.3) is 0 Å². The summed E-state index contributed by atoms with van der Waals surface area (Å²) in [5.41, 5.74) is 10.4. The van der Waals surface area contributed by atoms with Gasteiger partial charge in [0.1, 0.15) is 17.2 Å². The third kappa shape index (κ3) is 6.41. The molecular formula is C22H27FN6. The van der Waals surface area contributed by atoms with Crippen molar-refractivity contribution in [2.45, 2.75) is 47.0 Å². The van der Waals surface area contributed by atoms with E-state index >= 15 is 0 Å². The fourth-order valence-electron chi connectivity index (χ4n) is 2.53. The van der Waals surface area contributed by atoms with Crippen molar-refractivity contribution >= 4 is 22.9 Å². The van der Waals surface area contributed by atoms with Crippen LogP contribution in [0, 0.1) is 5.82 Å². The summed E-state index contributed by atoms with van der Waals surface area (Å²) in [4.78, 5) is 13.1. The lowest BCUT2D eigenvalue weighted by atomic mass is 10.1. The second-order valence-corrected chi connectivity index (χ2v) is 6.45. The highest BCUT2D eigenvalue weighted by molar-refractivity contribution is 6.11. The molecule has 0 saturated heterocycles. The molecule has 0 saturated carbocycles. The summed E-state index contributed by atoms with van der Waals surface area (Å²) in [6.07, 6.45) is 7.71. The van der Waals surface area contributed by atoms with Gasteiger partial charge in [0.15, 0.2) is 5.84 Å². The first kappa shape index (κ1) is 22.1. The molecule has 0 spiro atoms. The lowest BCUT2D eigenvalue weighted by molar-refractivity contribution is 0.621. The predicted octanol–water partition coefficient (Wildman–Crippen LogP) is 4.97. The predicted molar refractivity (Wildman–Crippen MR) is 117 cm³/mol. The maximum Gasteiger partial charge on any atom is 0.172 e. The van der Waals surface area contributed by atoms with Crippen LogP contribution in [-0.4, -0.2) is 27.2 Å². The largest absolute Gasteiger partial charge is 0.380 e. The van der Waals surface area contributed by atoms with E-state index in [0.29, 0.717) is 17.1 Å². The normalized spacial score (nSPS) is 13.7. The first-order valence-electron chi connectivity index (χ1n) is 9.67. The van der Waals surface area contributed by atoms with Crippen LogP contribution in [0.25, 0.3) is 0 Å². The van der Waals surface area contributed by atoms with Crippen LogP contribution in [0.3, 0.4) is 0 Å². The second kappa shape index (κ2) is 10.9. The number of aliphatic imine (C=N–C) groups is 1. The number of pyridine rings is 2. The molecule has 152 valence electrons. The molecule has 2 heterocycles. The molecule has 0 bridgehead atoms. The summed E-state index contributed by atoms with van der Waals surface area (Å²) in [5.74, 6) is -0.340. The fraction of sp³-hybridized carbons (Fsp3) is 0.318. The van der Waals surface area contributed by atoms with Crippen molar-refractivity contribution in [2.75, 3.05) is 0 Å². The zero-order valence-corrected chi connectivity index (χ0v) is 17.4. The average Bonchev–Trinajstić information content (AvgIpc) is 2.74. The van der Waals surface area contributed by atoms with Crippen molar-refractivity contribution in [2.24, 2.45) is 20.9 Å². The number of nitrogens with zero attached hydrogens (tertiary/aromatic N) is 5. The van der Waals surface area contributed by atoms with E-state index in [0.717, 1.165) is 42.4 Å². The van der Waals surface area contributed by atoms with Gasteiger partial charge in [-0.1, -0.05) is 26.3 Å². The molecule has 0 fully saturated rings. The number of amidine groups is 1. The number of hydrogen-bond donors (Lipinski definition) is 1. The van der Waals surface area contributed by atoms with Gasteiger partial charge >= 0.3 is 0 Å². The van der Waals surface area contributed by atoms with Crippen LogP contribution in [0.5, 0.6) is 0 Å². The maximum atomic E-state index is 13.0. The molecule has 2 N–H and O–H groups in total. The first-order chi connectivity index (χ1) is 14.0. The Morgan fingerprint density at radius 2 is 1.79 bits per heavy atom. The van der Waals surface area contributed by atoms with E-state index < -0.39 is 5.82 Å². The number of nitrogens with two attached hydrogens (primary N) is 1. The minimum Gasteiger partial charge on any atom is -0.380 e. The number of halogens is 1. The minimum atomic E-state index is -0.437. The summed E-state index contributed by atoms with van der Waals surface area (Å²) in [6, 6.07) is 6.52. The van der Waals surface area contributed by atoms with Crippen molar-refractivity contribution in [1.29, 1.82) is 0 Å². The molecule has 7 heteroatoms. The van der Waals surface area contributed by atoms with Crippen LogP contribution in [0.4, 0.5) is 10.1 Å². The Balaban J connectivity index is 2.34. The Hall–Kier alpha value is -3.22. The summed E-state index contributed by atoms with van der Waals surface area (Å²) in [7, 11) is 0. The highest BCUT2D eigenvalue weighted by Gasteiger charge is 2.09. The van der Waals surface area contributed by atoms with Gasteiger partial charge in [0, 0.05) is 5.71 Å². The molecule has 0 amide bonds. The van der Waals surface area contributed by atoms with Crippen molar-refractivity contribution in [1.82, 2.24) is 9.97 Å². The topological polar surface area (TPSA) is 88.9 Å². The Morgan fingerprint density at radius 1 is 1.07 bits per heavy atom. The molecular weight excluding hydrogens is 367 g/mol. The van der Waals surface area contributed by atoms with Gasteiger partial charge in [-0.2, -0.15) is 0 Å². The summed E-state index contributed by atoms with van der Waals surface area (Å²) < 4.78 is 13.0. The number of allylic oxidation sites excluding steroid dienone is 2. The standard InChI is InChI=1S/C22H27FN6/c1-5-8-17(7-3)27-18-10-12-19(26-14-18)21(15(4)6-2)28-29-22(24)20-11-9-16(23)13-25-20/h6,9-14H,5,7-8H2,1-4H3,(H2,24,29)/b15-6?,27-17?,28-21-. The van der Waals surface area contributed by atoms with E-state index in [-0.39, 0.29) is 5.84 Å². The van der Waals surface area contributed by atoms with Gasteiger partial charge in [0.05, 0.1) is 23.8 Å². The van der Waals surface area contributed by atoms with Gasteiger partial charge in [-0.3, -0.25) is 9.98 Å². The molecule has 0 radical (unpaired) electrons. The number of rotatable bonds is 8. The van der Waals surface area contributed by atoms with Crippen LogP contribution in [0.15, 0.2) is 63.5 Å². The monoisotopic (exact) mass is 394 g/mol. The number of aromatic nitrogens is 2. The van der Waals surface area contributed by atoms with Gasteiger partial charge in [-0.25, -0.2) is 9.37 Å². The second-order valence-electron chi connectivity index (χ2n) is 6.45. The summed E-state index contributed by atoms with van der Waals surface area (Å²) in [6.45, 7) is 8.08. The molecule has 0 aliphatic rings. The smallest absolute Gasteiger partial charge is 0.172 e. The molecule has 0 aliphatic heterocycles. The highest BCUT2D eigenvalue weighted by Crippen LogP contribution is 2.16. The van der Waals surface area contributed by atoms with Crippen molar-refractivity contribution in [3.8, 4) is 0 Å². The lowest BCUT2D eigenvalue weighted by Gasteiger charge is -2.06. The third-order valence-corrected chi connectivity index (χ3v) is 4.28. The molecule has 0 aliphatic carbocycles. The van der Waals surface area contributed by atoms with E-state index in [1.54, 1.807) is 6.20 Å². The van der Waals surface area contributed by atoms with E-state index in [9.17, 15) is 4.39 Å². The van der Waals surface area contributed by atoms with Crippen LogP contribution in [0.1, 0.15) is 58.3 Å². The Labute approximate surface area is 171 Å². The van der Waals surface area contributed by atoms with Gasteiger partial charge in [0.2, 0.25) is 0 Å². The first-order valence-corrected chi connectivity index (χ1v) is 9.67. The minimum absolute atomic E-state index is 0.0970. The molecule has 0 aromatic carbocycles. The Morgan fingerprint density at radius 3 is 2.34 bits per heavy atom. The molecule has 2 rings (SSSR count). The molecule has 0 atom stereocenters. The molecule has 29 heavy (non-hydrogen) atoms. The molecule has 2 aromatic heterocycles. The van der Waals surface area contributed by atoms with Crippen LogP contribution < -0.4 is 5.73 Å². The van der Waals surface area contributed by atoms with Crippen molar-refractivity contribution < 1.29 is 4.39 Å². The van der Waals surface area contributed by atoms with Gasteiger partial charge in [-0.15, -0.1) is 10.2 Å². The van der Waals surface area contributed by atoms with Crippen molar-refractivity contribution in [3.63, 3.8) is 0 Å². The summed E-state index contributed by atoms with van der Waals surface area (Å²) >= 11 is 0. The third-order valence-electron chi connectivity index (χ3n) is 4.28. The summed E-state index contributed by atoms with van der Waals surface area (Å²) in [5, 5.41) is 8.35. The molecule has 0 unspecified atom stereocenters. The number of hydrogen-bond acceptors (Lipinski definition) is 5. The fourth-order valence-corrected chi connectivity index (χ4v) is 2.53. The highest BCUT2D eigenvalue weighted by atomic mass is 19.1. The maximum absolute atomic E-state index is 13.0. The SMILES string of the molecule is CC=C(C)/C(=N/N=C(N)c1ccc(F)cn1)c1ccc(N=C(CC)CCC)cn1. The van der Waals surface area contributed by atoms with E-state index in [1.165, 1.54) is 12.1 Å².